The van der Waals surface area contributed by atoms with E-state index in [4.69, 9.17) is 14.9 Å². The Morgan fingerprint density at radius 3 is 1.98 bits per heavy atom. The highest BCUT2D eigenvalue weighted by Crippen LogP contribution is 2.40. The van der Waals surface area contributed by atoms with Crippen molar-refractivity contribution in [2.45, 2.75) is 72.1 Å². The molecule has 2 heterocycles. The first-order chi connectivity index (χ1) is 19.4. The third-order valence-corrected chi connectivity index (χ3v) is 8.44. The van der Waals surface area contributed by atoms with E-state index in [1.807, 2.05) is 41.8 Å². The fourth-order valence-electron chi connectivity index (χ4n) is 4.98. The van der Waals surface area contributed by atoms with Crippen molar-refractivity contribution in [1.29, 1.82) is 5.41 Å². The molecule has 1 aromatic heterocycles. The summed E-state index contributed by atoms with van der Waals surface area (Å²) in [4.78, 5) is 5.78. The van der Waals surface area contributed by atoms with Gasteiger partial charge in [0.2, 0.25) is 5.75 Å². The maximum Gasteiger partial charge on any atom is 0.200 e. The highest BCUT2D eigenvalue weighted by molar-refractivity contribution is 7.12. The van der Waals surface area contributed by atoms with Crippen molar-refractivity contribution in [2.24, 2.45) is 0 Å². The van der Waals surface area contributed by atoms with Crippen LogP contribution >= 0.6 is 11.3 Å². The third kappa shape index (κ3) is 7.70. The van der Waals surface area contributed by atoms with Crippen LogP contribution in [0.4, 0.5) is 11.4 Å². The Bertz CT molecular complexity index is 1160. The van der Waals surface area contributed by atoms with E-state index >= 15 is 0 Å². The fourth-order valence-corrected chi connectivity index (χ4v) is 5.61. The van der Waals surface area contributed by atoms with E-state index < -0.39 is 0 Å². The van der Waals surface area contributed by atoms with Gasteiger partial charge in [0.15, 0.2) is 11.5 Å². The molecule has 8 heteroatoms. The standard InChI is InChI=1S/C32H44N4O3S/c1-5-26(6-2)38-28-20-23(21-29(31(28)37)39-27(7-3)8-4)22-35-15-17-36(18-16-35)25-13-11-24(12-14-25)34-32(33)30-10-9-19-40-30/h9-14,19-21,26-27,37H,5-8,15-18,22H2,1-4H3,(H2,33,34). The maximum absolute atomic E-state index is 11.0. The van der Waals surface area contributed by atoms with Gasteiger partial charge in [0.05, 0.1) is 17.1 Å². The molecule has 3 aromatic rings. The van der Waals surface area contributed by atoms with E-state index in [-0.39, 0.29) is 18.0 Å². The van der Waals surface area contributed by atoms with Gasteiger partial charge in [0, 0.05) is 44.1 Å². The molecule has 3 N–H and O–H groups in total. The van der Waals surface area contributed by atoms with Gasteiger partial charge in [-0.3, -0.25) is 10.3 Å². The summed E-state index contributed by atoms with van der Waals surface area (Å²) in [6.07, 6.45) is 3.68. The summed E-state index contributed by atoms with van der Waals surface area (Å²) < 4.78 is 12.4. The predicted molar refractivity (Wildman–Crippen MR) is 167 cm³/mol. The number of nitrogens with zero attached hydrogens (tertiary/aromatic N) is 2. The number of hydrogen-bond donors (Lipinski definition) is 3. The lowest BCUT2D eigenvalue weighted by Gasteiger charge is -2.36. The minimum atomic E-state index is 0.0635. The van der Waals surface area contributed by atoms with E-state index in [2.05, 4.69) is 54.9 Å². The smallest absolute Gasteiger partial charge is 0.200 e. The molecule has 0 saturated carbocycles. The van der Waals surface area contributed by atoms with E-state index in [0.717, 1.165) is 74.5 Å². The molecular formula is C32H44N4O3S. The quantitative estimate of drug-likeness (QED) is 0.149. The lowest BCUT2D eigenvalue weighted by molar-refractivity contribution is 0.168. The molecule has 0 amide bonds. The number of amidine groups is 1. The number of nitrogens with one attached hydrogen (secondary N) is 2. The molecule has 1 fully saturated rings. The fraction of sp³-hybridized carbons (Fsp3) is 0.469. The van der Waals surface area contributed by atoms with Crippen LogP contribution in [0.2, 0.25) is 0 Å². The topological polar surface area (TPSA) is 81.1 Å². The molecule has 0 unspecified atom stereocenters. The molecule has 7 nitrogen and oxygen atoms in total. The number of hydrogen-bond acceptors (Lipinski definition) is 7. The van der Waals surface area contributed by atoms with E-state index in [1.54, 1.807) is 11.3 Å². The Labute approximate surface area is 243 Å². The van der Waals surface area contributed by atoms with Crippen molar-refractivity contribution in [3.63, 3.8) is 0 Å². The Kier molecular flexibility index (Phi) is 10.7. The number of rotatable bonds is 13. The molecule has 0 spiro atoms. The summed E-state index contributed by atoms with van der Waals surface area (Å²) in [7, 11) is 0. The highest BCUT2D eigenvalue weighted by atomic mass is 32.1. The SMILES string of the molecule is CCC(CC)Oc1cc(CN2CCN(c3ccc(NC(=N)c4cccs4)cc3)CC2)cc(OC(CC)CC)c1O. The first-order valence-corrected chi connectivity index (χ1v) is 15.5. The average Bonchev–Trinajstić information content (AvgIpc) is 3.53. The van der Waals surface area contributed by atoms with E-state index in [1.165, 1.54) is 5.69 Å². The van der Waals surface area contributed by atoms with E-state index in [9.17, 15) is 5.11 Å². The summed E-state index contributed by atoms with van der Waals surface area (Å²) in [5.41, 5.74) is 3.21. The highest BCUT2D eigenvalue weighted by Gasteiger charge is 2.21. The zero-order chi connectivity index (χ0) is 28.5. The zero-order valence-corrected chi connectivity index (χ0v) is 25.1. The van der Waals surface area contributed by atoms with Crippen LogP contribution in [0.5, 0.6) is 17.2 Å². The Morgan fingerprint density at radius 2 is 1.48 bits per heavy atom. The molecule has 40 heavy (non-hydrogen) atoms. The first kappa shape index (κ1) is 29.7. The minimum absolute atomic E-state index is 0.0635. The number of phenolic OH excluding ortho intramolecular Hbond substituents is 1. The van der Waals surface area contributed by atoms with Gasteiger partial charge in [-0.2, -0.15) is 0 Å². The van der Waals surface area contributed by atoms with Gasteiger partial charge in [0.1, 0.15) is 5.84 Å². The molecule has 0 bridgehead atoms. The number of anilines is 2. The van der Waals surface area contributed by atoms with Crippen LogP contribution in [-0.4, -0.2) is 54.2 Å². The van der Waals surface area contributed by atoms with Crippen molar-refractivity contribution in [1.82, 2.24) is 4.90 Å². The van der Waals surface area contributed by atoms with Gasteiger partial charge in [0.25, 0.3) is 0 Å². The lowest BCUT2D eigenvalue weighted by atomic mass is 10.1. The van der Waals surface area contributed by atoms with Crippen molar-refractivity contribution in [2.75, 3.05) is 36.4 Å². The van der Waals surface area contributed by atoms with Crippen LogP contribution in [0.15, 0.2) is 53.9 Å². The summed E-state index contributed by atoms with van der Waals surface area (Å²) in [5.74, 6) is 1.57. The zero-order valence-electron chi connectivity index (χ0n) is 24.3. The first-order valence-electron chi connectivity index (χ1n) is 14.6. The van der Waals surface area contributed by atoms with Gasteiger partial charge in [-0.25, -0.2) is 0 Å². The molecule has 0 radical (unpaired) electrons. The van der Waals surface area contributed by atoms with Crippen LogP contribution in [0.3, 0.4) is 0 Å². The summed E-state index contributed by atoms with van der Waals surface area (Å²) in [6.45, 7) is 13.0. The van der Waals surface area contributed by atoms with Crippen molar-refractivity contribution in [3.05, 3.63) is 64.4 Å². The summed E-state index contributed by atoms with van der Waals surface area (Å²) in [6, 6.07) is 16.2. The molecule has 1 aliphatic heterocycles. The molecule has 2 aromatic carbocycles. The van der Waals surface area contributed by atoms with Gasteiger partial charge < -0.3 is 24.8 Å². The molecule has 4 rings (SSSR count). The molecule has 1 saturated heterocycles. The normalized spacial score (nSPS) is 14.1. The van der Waals surface area contributed by atoms with E-state index in [0.29, 0.717) is 17.3 Å². The minimum Gasteiger partial charge on any atom is -0.502 e. The Balaban J connectivity index is 1.38. The number of thiophene rings is 1. The number of phenols is 1. The number of ether oxygens (including phenoxy) is 2. The third-order valence-electron chi connectivity index (χ3n) is 7.56. The van der Waals surface area contributed by atoms with Crippen LogP contribution in [-0.2, 0) is 6.54 Å². The van der Waals surface area contributed by atoms with Crippen LogP contribution in [0, 0.1) is 5.41 Å². The predicted octanol–water partition coefficient (Wildman–Crippen LogP) is 7.35. The summed E-state index contributed by atoms with van der Waals surface area (Å²) >= 11 is 1.56. The van der Waals surface area contributed by atoms with Gasteiger partial charge in [-0.05, 0) is 79.1 Å². The number of piperazine rings is 1. The van der Waals surface area contributed by atoms with Gasteiger partial charge in [-0.15, -0.1) is 11.3 Å². The Hall–Kier alpha value is -3.23. The van der Waals surface area contributed by atoms with Crippen LogP contribution in [0.1, 0.15) is 63.8 Å². The van der Waals surface area contributed by atoms with Gasteiger partial charge in [-0.1, -0.05) is 33.8 Å². The maximum atomic E-state index is 11.0. The molecule has 1 aliphatic rings. The molecule has 0 atom stereocenters. The van der Waals surface area contributed by atoms with Crippen molar-refractivity contribution in [3.8, 4) is 17.2 Å². The second kappa shape index (κ2) is 14.4. The van der Waals surface area contributed by atoms with Crippen molar-refractivity contribution < 1.29 is 14.6 Å². The number of aromatic hydroxyl groups is 1. The van der Waals surface area contributed by atoms with Crippen molar-refractivity contribution >= 4 is 28.5 Å². The summed E-state index contributed by atoms with van der Waals surface area (Å²) in [5, 5.41) is 24.4. The van der Waals surface area contributed by atoms with Crippen LogP contribution < -0.4 is 19.7 Å². The average molecular weight is 565 g/mol. The number of benzene rings is 2. The van der Waals surface area contributed by atoms with Crippen LogP contribution in [0.25, 0.3) is 0 Å². The second-order valence-corrected chi connectivity index (χ2v) is 11.3. The largest absolute Gasteiger partial charge is 0.502 e. The molecular weight excluding hydrogens is 520 g/mol. The van der Waals surface area contributed by atoms with Gasteiger partial charge >= 0.3 is 0 Å². The second-order valence-electron chi connectivity index (χ2n) is 10.3. The monoisotopic (exact) mass is 564 g/mol. The molecule has 0 aliphatic carbocycles. The lowest BCUT2D eigenvalue weighted by Crippen LogP contribution is -2.45. The molecule has 216 valence electrons. The Morgan fingerprint density at radius 1 is 0.900 bits per heavy atom.